The Kier molecular flexibility index (Phi) is 2.86. The minimum absolute atomic E-state index is 0.186. The fourth-order valence-electron chi connectivity index (χ4n) is 2.78. The fraction of sp³-hybridized carbons (Fsp3) is 0.917. The fourth-order valence-corrected chi connectivity index (χ4v) is 2.78. The maximum Gasteiger partial charge on any atom is 0.410 e. The van der Waals surface area contributed by atoms with E-state index in [1.165, 1.54) is 0 Å². The second-order valence-electron chi connectivity index (χ2n) is 6.05. The van der Waals surface area contributed by atoms with Crippen molar-refractivity contribution in [2.24, 2.45) is 17.6 Å². The lowest BCUT2D eigenvalue weighted by Gasteiger charge is -2.25. The molecular formula is C12H22N2O2. The molecule has 1 aliphatic heterocycles. The first-order valence-corrected chi connectivity index (χ1v) is 6.10. The van der Waals surface area contributed by atoms with E-state index in [1.807, 2.05) is 25.7 Å². The number of nitrogens with two attached hydrogens (primary N) is 1. The Morgan fingerprint density at radius 2 is 2.00 bits per heavy atom. The highest BCUT2D eigenvalue weighted by atomic mass is 16.6. The summed E-state index contributed by atoms with van der Waals surface area (Å²) in [5.41, 5.74) is 5.62. The molecule has 3 atom stereocenters. The minimum Gasteiger partial charge on any atom is -0.444 e. The molecule has 2 N–H and O–H groups in total. The van der Waals surface area contributed by atoms with E-state index in [1.54, 1.807) is 0 Å². The lowest BCUT2D eigenvalue weighted by molar-refractivity contribution is 0.0279. The number of fused-ring (bicyclic) bond motifs is 1. The lowest BCUT2D eigenvalue weighted by Crippen LogP contribution is -2.37. The van der Waals surface area contributed by atoms with Gasteiger partial charge in [0.15, 0.2) is 0 Å². The number of likely N-dealkylation sites (tertiary alicyclic amines) is 1. The quantitative estimate of drug-likeness (QED) is 0.682. The Balaban J connectivity index is 1.92. The van der Waals surface area contributed by atoms with E-state index in [0.717, 1.165) is 25.9 Å². The molecule has 1 heterocycles. The molecule has 1 aliphatic carbocycles. The highest BCUT2D eigenvalue weighted by Crippen LogP contribution is 2.37. The van der Waals surface area contributed by atoms with Crippen LogP contribution in [0, 0.1) is 11.8 Å². The van der Waals surface area contributed by atoms with Gasteiger partial charge in [-0.25, -0.2) is 4.79 Å². The van der Waals surface area contributed by atoms with Gasteiger partial charge >= 0.3 is 6.09 Å². The zero-order valence-electron chi connectivity index (χ0n) is 10.4. The molecule has 4 nitrogen and oxygen atoms in total. The first-order chi connectivity index (χ1) is 7.37. The number of rotatable bonds is 0. The van der Waals surface area contributed by atoms with Crippen LogP contribution in [0.1, 0.15) is 33.6 Å². The van der Waals surface area contributed by atoms with Gasteiger partial charge in [-0.15, -0.1) is 0 Å². The molecule has 0 aromatic carbocycles. The number of hydrogen-bond donors (Lipinski definition) is 1. The summed E-state index contributed by atoms with van der Waals surface area (Å²) in [5.74, 6) is 1.09. The smallest absolute Gasteiger partial charge is 0.410 e. The van der Waals surface area contributed by atoms with Gasteiger partial charge in [-0.05, 0) is 45.4 Å². The van der Waals surface area contributed by atoms with Gasteiger partial charge in [0.2, 0.25) is 0 Å². The van der Waals surface area contributed by atoms with Gasteiger partial charge in [0.1, 0.15) is 5.60 Å². The van der Waals surface area contributed by atoms with Gasteiger partial charge in [0.25, 0.3) is 0 Å². The molecule has 92 valence electrons. The first kappa shape index (κ1) is 11.7. The topological polar surface area (TPSA) is 55.6 Å². The average Bonchev–Trinajstić information content (AvgIpc) is 2.65. The molecular weight excluding hydrogens is 204 g/mol. The third-order valence-corrected chi connectivity index (χ3v) is 3.56. The van der Waals surface area contributed by atoms with Crippen molar-refractivity contribution in [2.45, 2.75) is 45.3 Å². The Morgan fingerprint density at radius 1 is 1.31 bits per heavy atom. The summed E-state index contributed by atoms with van der Waals surface area (Å²) >= 11 is 0. The number of hydrogen-bond acceptors (Lipinski definition) is 3. The van der Waals surface area contributed by atoms with Crippen LogP contribution < -0.4 is 5.73 Å². The Morgan fingerprint density at radius 3 is 2.56 bits per heavy atom. The molecule has 0 aromatic rings. The van der Waals surface area contributed by atoms with E-state index in [2.05, 4.69) is 0 Å². The molecule has 0 unspecified atom stereocenters. The average molecular weight is 226 g/mol. The van der Waals surface area contributed by atoms with Crippen LogP contribution in [-0.2, 0) is 4.74 Å². The van der Waals surface area contributed by atoms with Gasteiger partial charge in [-0.3, -0.25) is 0 Å². The van der Waals surface area contributed by atoms with E-state index >= 15 is 0 Å². The van der Waals surface area contributed by atoms with Crippen molar-refractivity contribution < 1.29 is 9.53 Å². The minimum atomic E-state index is -0.406. The second-order valence-corrected chi connectivity index (χ2v) is 6.05. The number of ether oxygens (including phenoxy) is 1. The predicted octanol–water partition coefficient (Wildman–Crippen LogP) is 1.59. The molecule has 1 saturated carbocycles. The van der Waals surface area contributed by atoms with Gasteiger partial charge < -0.3 is 15.4 Å². The molecule has 4 heteroatoms. The van der Waals surface area contributed by atoms with Gasteiger partial charge in [-0.1, -0.05) is 0 Å². The molecule has 0 aromatic heterocycles. The largest absolute Gasteiger partial charge is 0.444 e. The Bertz CT molecular complexity index is 285. The summed E-state index contributed by atoms with van der Waals surface area (Å²) in [5, 5.41) is 0. The summed E-state index contributed by atoms with van der Waals surface area (Å²) in [6.45, 7) is 7.29. The van der Waals surface area contributed by atoms with Crippen LogP contribution in [0.5, 0.6) is 0 Å². The van der Waals surface area contributed by atoms with Crippen molar-refractivity contribution in [1.29, 1.82) is 0 Å². The third-order valence-electron chi connectivity index (χ3n) is 3.56. The van der Waals surface area contributed by atoms with Crippen molar-refractivity contribution >= 4 is 6.09 Å². The van der Waals surface area contributed by atoms with E-state index in [4.69, 9.17) is 10.5 Å². The van der Waals surface area contributed by atoms with Gasteiger partial charge in [0.05, 0.1) is 0 Å². The van der Waals surface area contributed by atoms with Crippen LogP contribution in [0.2, 0.25) is 0 Å². The number of nitrogens with zero attached hydrogens (tertiary/aromatic N) is 1. The zero-order chi connectivity index (χ0) is 11.9. The molecule has 0 radical (unpaired) electrons. The highest BCUT2D eigenvalue weighted by Gasteiger charge is 2.43. The van der Waals surface area contributed by atoms with E-state index < -0.39 is 5.60 Å². The lowest BCUT2D eigenvalue weighted by atomic mass is 9.98. The van der Waals surface area contributed by atoms with E-state index in [9.17, 15) is 4.79 Å². The number of carbonyl (C=O) groups is 1. The summed E-state index contributed by atoms with van der Waals surface area (Å²) in [6, 6.07) is 0.275. The summed E-state index contributed by atoms with van der Waals surface area (Å²) in [4.78, 5) is 13.7. The van der Waals surface area contributed by atoms with Crippen molar-refractivity contribution in [1.82, 2.24) is 4.90 Å². The molecule has 2 fully saturated rings. The van der Waals surface area contributed by atoms with Crippen molar-refractivity contribution in [2.75, 3.05) is 13.1 Å². The molecule has 2 aliphatic rings. The summed E-state index contributed by atoms with van der Waals surface area (Å²) in [6.07, 6.45) is 2.08. The van der Waals surface area contributed by atoms with Crippen LogP contribution in [-0.4, -0.2) is 35.7 Å². The highest BCUT2D eigenvalue weighted by molar-refractivity contribution is 5.68. The van der Waals surface area contributed by atoms with Crippen molar-refractivity contribution in [3.63, 3.8) is 0 Å². The summed E-state index contributed by atoms with van der Waals surface area (Å²) in [7, 11) is 0. The maximum absolute atomic E-state index is 11.9. The number of carbonyl (C=O) groups excluding carboxylic acids is 1. The molecule has 0 bridgehead atoms. The van der Waals surface area contributed by atoms with Crippen LogP contribution in [0.25, 0.3) is 0 Å². The number of amides is 1. The van der Waals surface area contributed by atoms with E-state index in [0.29, 0.717) is 11.8 Å². The Hall–Kier alpha value is -0.770. The van der Waals surface area contributed by atoms with Crippen LogP contribution in [0.15, 0.2) is 0 Å². The molecule has 1 amide bonds. The van der Waals surface area contributed by atoms with Crippen molar-refractivity contribution in [3.8, 4) is 0 Å². The van der Waals surface area contributed by atoms with Crippen LogP contribution >= 0.6 is 0 Å². The molecule has 16 heavy (non-hydrogen) atoms. The molecule has 0 spiro atoms. The zero-order valence-corrected chi connectivity index (χ0v) is 10.4. The normalized spacial score (nSPS) is 34.0. The van der Waals surface area contributed by atoms with E-state index in [-0.39, 0.29) is 12.1 Å². The standard InChI is InChI=1S/C12H22N2O2/c1-12(2,3)16-11(15)14-6-8-4-5-10(13)9(8)7-14/h8-10H,4-7,13H2,1-3H3/t8-,9-,10+/m0/s1. The maximum atomic E-state index is 11.9. The molecule has 2 rings (SSSR count). The van der Waals surface area contributed by atoms with Crippen LogP contribution in [0.4, 0.5) is 4.79 Å². The Labute approximate surface area is 97.1 Å². The first-order valence-electron chi connectivity index (χ1n) is 6.10. The second kappa shape index (κ2) is 3.91. The third kappa shape index (κ3) is 2.32. The molecule has 1 saturated heterocycles. The summed E-state index contributed by atoms with van der Waals surface area (Å²) < 4.78 is 5.37. The predicted molar refractivity (Wildman–Crippen MR) is 62.0 cm³/mol. The van der Waals surface area contributed by atoms with Gasteiger partial charge in [0, 0.05) is 19.1 Å². The van der Waals surface area contributed by atoms with Crippen LogP contribution in [0.3, 0.4) is 0 Å². The monoisotopic (exact) mass is 226 g/mol. The van der Waals surface area contributed by atoms with Gasteiger partial charge in [-0.2, -0.15) is 0 Å². The van der Waals surface area contributed by atoms with Crippen molar-refractivity contribution in [3.05, 3.63) is 0 Å². The SMILES string of the molecule is CC(C)(C)OC(=O)N1C[C@@H]2CC[C@@H](N)[C@H]2C1.